The molecule has 1 aliphatic heterocycles. The van der Waals surface area contributed by atoms with Gasteiger partial charge in [-0.3, -0.25) is 0 Å². The van der Waals surface area contributed by atoms with Crippen LogP contribution in [-0.2, 0) is 4.79 Å². The highest BCUT2D eigenvalue weighted by atomic mass is 35.5. The predicted molar refractivity (Wildman–Crippen MR) is 129 cm³/mol. The molecule has 0 fully saturated rings. The number of esters is 1. The van der Waals surface area contributed by atoms with Gasteiger partial charge >= 0.3 is 5.97 Å². The van der Waals surface area contributed by atoms with Gasteiger partial charge in [0.1, 0.15) is 28.9 Å². The topological polar surface area (TPSA) is 94.6 Å². The van der Waals surface area contributed by atoms with Crippen LogP contribution in [0.4, 0.5) is 0 Å². The number of fused-ring (bicyclic) bond motifs is 1. The molecule has 0 spiro atoms. The summed E-state index contributed by atoms with van der Waals surface area (Å²) in [4.78, 5) is 12.3. The molecule has 1 heterocycles. The van der Waals surface area contributed by atoms with E-state index < -0.39 is 5.97 Å². The van der Waals surface area contributed by atoms with Crippen LogP contribution in [0.3, 0.4) is 0 Å². The lowest BCUT2D eigenvalue weighted by molar-refractivity contribution is -0.136. The van der Waals surface area contributed by atoms with Gasteiger partial charge in [0.15, 0.2) is 6.61 Å². The third kappa shape index (κ3) is 5.00. The van der Waals surface area contributed by atoms with Crippen molar-refractivity contribution in [2.24, 2.45) is 5.73 Å². The Balaban J connectivity index is 1.54. The van der Waals surface area contributed by atoms with E-state index in [1.54, 1.807) is 42.5 Å². The maximum Gasteiger partial charge on any atom is 0.349 e. The number of hydrogen-bond donors (Lipinski definition) is 1. The van der Waals surface area contributed by atoms with Crippen LogP contribution in [-0.4, -0.2) is 12.6 Å². The highest BCUT2D eigenvalue weighted by Crippen LogP contribution is 2.43. The van der Waals surface area contributed by atoms with E-state index in [-0.39, 0.29) is 24.2 Å². The Morgan fingerprint density at radius 3 is 2.41 bits per heavy atom. The van der Waals surface area contributed by atoms with E-state index in [1.807, 2.05) is 12.1 Å². The second kappa shape index (κ2) is 9.90. The van der Waals surface area contributed by atoms with Crippen molar-refractivity contribution in [2.75, 3.05) is 6.61 Å². The maximum atomic E-state index is 12.3. The van der Waals surface area contributed by atoms with Crippen LogP contribution in [0.1, 0.15) is 42.4 Å². The van der Waals surface area contributed by atoms with Crippen LogP contribution in [0.25, 0.3) is 0 Å². The molecule has 0 radical (unpaired) electrons. The van der Waals surface area contributed by atoms with E-state index in [0.717, 1.165) is 11.1 Å². The number of carbonyl (C=O) groups is 1. The Hall–Kier alpha value is -3.95. The van der Waals surface area contributed by atoms with Crippen molar-refractivity contribution in [3.8, 4) is 23.3 Å². The summed E-state index contributed by atoms with van der Waals surface area (Å²) in [6.07, 6.45) is 0. The first-order valence-corrected chi connectivity index (χ1v) is 11.1. The maximum absolute atomic E-state index is 12.3. The second-order valence-corrected chi connectivity index (χ2v) is 8.60. The molecule has 0 saturated carbocycles. The van der Waals surface area contributed by atoms with E-state index in [2.05, 4.69) is 32.0 Å². The normalized spacial score (nSPS) is 14.7. The fourth-order valence-corrected chi connectivity index (χ4v) is 3.88. The third-order valence-corrected chi connectivity index (χ3v) is 5.78. The van der Waals surface area contributed by atoms with Crippen LogP contribution >= 0.6 is 11.6 Å². The van der Waals surface area contributed by atoms with Gasteiger partial charge in [0.2, 0.25) is 5.88 Å². The van der Waals surface area contributed by atoms with Gasteiger partial charge < -0.3 is 19.9 Å². The predicted octanol–water partition coefficient (Wildman–Crippen LogP) is 5.67. The molecule has 34 heavy (non-hydrogen) atoms. The first-order valence-electron chi connectivity index (χ1n) is 10.8. The molecule has 0 amide bonds. The quantitative estimate of drug-likeness (QED) is 0.365. The minimum atomic E-state index is -0.576. The minimum Gasteiger partial charge on any atom is -0.482 e. The second-order valence-electron chi connectivity index (χ2n) is 8.16. The van der Waals surface area contributed by atoms with Crippen molar-refractivity contribution in [2.45, 2.75) is 25.7 Å². The number of nitriles is 1. The van der Waals surface area contributed by atoms with E-state index in [9.17, 15) is 10.1 Å². The van der Waals surface area contributed by atoms with Crippen LogP contribution in [0, 0.1) is 11.3 Å². The van der Waals surface area contributed by atoms with Crippen molar-refractivity contribution in [1.82, 2.24) is 0 Å². The fraction of sp³-hybridized carbons (Fsp3) is 0.185. The molecule has 3 aromatic carbocycles. The van der Waals surface area contributed by atoms with Gasteiger partial charge in [0.05, 0.1) is 5.92 Å². The number of allylic oxidation sites excluding steroid dienone is 1. The Labute approximate surface area is 203 Å². The zero-order chi connectivity index (χ0) is 24.2. The Morgan fingerprint density at radius 1 is 1.09 bits per heavy atom. The average Bonchev–Trinajstić information content (AvgIpc) is 2.83. The summed E-state index contributed by atoms with van der Waals surface area (Å²) in [5.74, 6) is 0.684. The van der Waals surface area contributed by atoms with Crippen LogP contribution < -0.4 is 19.9 Å². The smallest absolute Gasteiger partial charge is 0.349 e. The molecule has 4 rings (SSSR count). The standard InChI is InChI=1S/C27H23ClN2O4/c1-16(2)17-3-5-18(6-4-17)26-22-12-11-21(13-24(22)34-27(30)23(26)14-29)33-25(31)15-32-20-9-7-19(28)8-10-20/h3-13,16,26H,15,30H2,1-2H3. The van der Waals surface area contributed by atoms with Gasteiger partial charge in [-0.25, -0.2) is 4.79 Å². The summed E-state index contributed by atoms with van der Waals surface area (Å²) >= 11 is 5.85. The Kier molecular flexibility index (Phi) is 6.76. The molecule has 1 aliphatic rings. The van der Waals surface area contributed by atoms with E-state index in [0.29, 0.717) is 28.0 Å². The lowest BCUT2D eigenvalue weighted by Gasteiger charge is -2.27. The summed E-state index contributed by atoms with van der Waals surface area (Å²) in [6, 6.07) is 22.0. The van der Waals surface area contributed by atoms with Crippen molar-refractivity contribution in [3.05, 3.63) is 99.9 Å². The number of rotatable bonds is 6. The minimum absolute atomic E-state index is 0.0301. The molecular weight excluding hydrogens is 452 g/mol. The summed E-state index contributed by atoms with van der Waals surface area (Å²) in [7, 11) is 0. The highest BCUT2D eigenvalue weighted by Gasteiger charge is 2.31. The van der Waals surface area contributed by atoms with Crippen LogP contribution in [0.2, 0.25) is 5.02 Å². The monoisotopic (exact) mass is 474 g/mol. The molecule has 7 heteroatoms. The number of ether oxygens (including phenoxy) is 3. The van der Waals surface area contributed by atoms with Gasteiger partial charge in [-0.1, -0.05) is 55.8 Å². The Morgan fingerprint density at radius 2 is 1.76 bits per heavy atom. The zero-order valence-electron chi connectivity index (χ0n) is 18.7. The van der Waals surface area contributed by atoms with Gasteiger partial charge in [-0.05, 0) is 47.4 Å². The highest BCUT2D eigenvalue weighted by molar-refractivity contribution is 6.30. The van der Waals surface area contributed by atoms with Gasteiger partial charge in [0.25, 0.3) is 0 Å². The van der Waals surface area contributed by atoms with Crippen molar-refractivity contribution < 1.29 is 19.0 Å². The number of carbonyl (C=O) groups excluding carboxylic acids is 1. The molecular formula is C27H23ClN2O4. The molecule has 0 saturated heterocycles. The van der Waals surface area contributed by atoms with E-state index >= 15 is 0 Å². The Bertz CT molecular complexity index is 1280. The molecule has 0 aliphatic carbocycles. The number of benzene rings is 3. The van der Waals surface area contributed by atoms with Crippen molar-refractivity contribution in [3.63, 3.8) is 0 Å². The molecule has 1 atom stereocenters. The molecule has 1 unspecified atom stereocenters. The lowest BCUT2D eigenvalue weighted by Crippen LogP contribution is -2.21. The summed E-state index contributed by atoms with van der Waals surface area (Å²) in [5, 5.41) is 10.3. The van der Waals surface area contributed by atoms with Crippen LogP contribution in [0.15, 0.2) is 78.2 Å². The average molecular weight is 475 g/mol. The lowest BCUT2D eigenvalue weighted by atomic mass is 9.83. The van der Waals surface area contributed by atoms with Gasteiger partial charge in [-0.15, -0.1) is 0 Å². The number of nitrogens with zero attached hydrogens (tertiary/aromatic N) is 1. The molecule has 0 aromatic heterocycles. The zero-order valence-corrected chi connectivity index (χ0v) is 19.5. The first kappa shape index (κ1) is 23.2. The molecule has 6 nitrogen and oxygen atoms in total. The molecule has 172 valence electrons. The molecule has 0 bridgehead atoms. The third-order valence-electron chi connectivity index (χ3n) is 5.53. The first-order chi connectivity index (χ1) is 16.4. The van der Waals surface area contributed by atoms with Gasteiger partial charge in [0, 0.05) is 16.7 Å². The number of halogens is 1. The van der Waals surface area contributed by atoms with E-state index in [4.69, 9.17) is 31.5 Å². The SMILES string of the molecule is CC(C)c1ccc(C2C(C#N)=C(N)Oc3cc(OC(=O)COc4ccc(Cl)cc4)ccc32)cc1. The van der Waals surface area contributed by atoms with Gasteiger partial charge in [-0.2, -0.15) is 5.26 Å². The van der Waals surface area contributed by atoms with Crippen molar-refractivity contribution >= 4 is 17.6 Å². The molecule has 3 aromatic rings. The number of hydrogen-bond acceptors (Lipinski definition) is 6. The molecule has 2 N–H and O–H groups in total. The van der Waals surface area contributed by atoms with Crippen LogP contribution in [0.5, 0.6) is 17.2 Å². The number of nitrogens with two attached hydrogens (primary N) is 1. The fourth-order valence-electron chi connectivity index (χ4n) is 3.75. The summed E-state index contributed by atoms with van der Waals surface area (Å²) in [6.45, 7) is 3.98. The largest absolute Gasteiger partial charge is 0.482 e. The summed E-state index contributed by atoms with van der Waals surface area (Å²) in [5.41, 5.74) is 9.31. The van der Waals surface area contributed by atoms with E-state index in [1.165, 1.54) is 5.56 Å². The summed E-state index contributed by atoms with van der Waals surface area (Å²) < 4.78 is 16.5. The van der Waals surface area contributed by atoms with Crippen molar-refractivity contribution in [1.29, 1.82) is 5.26 Å².